The molecule has 0 aromatic heterocycles. The summed E-state index contributed by atoms with van der Waals surface area (Å²) in [6, 6.07) is 12.7. The lowest BCUT2D eigenvalue weighted by Gasteiger charge is -2.16. The van der Waals surface area contributed by atoms with E-state index in [2.05, 4.69) is 20.9 Å². The van der Waals surface area contributed by atoms with Crippen molar-refractivity contribution in [3.63, 3.8) is 0 Å². The van der Waals surface area contributed by atoms with Crippen LogP contribution in [-0.4, -0.2) is 32.5 Å². The molecule has 1 amide bonds. The molecule has 0 saturated heterocycles. The summed E-state index contributed by atoms with van der Waals surface area (Å²) in [5.74, 6) is 0.429. The van der Waals surface area contributed by atoms with Crippen molar-refractivity contribution in [2.45, 2.75) is 32.0 Å². The number of aliphatic imine (C=N–C) groups is 1. The molecule has 0 radical (unpaired) electrons. The molecule has 0 saturated carbocycles. The summed E-state index contributed by atoms with van der Waals surface area (Å²) in [4.78, 5) is 15.7. The molecule has 1 atom stereocenters. The third-order valence-corrected chi connectivity index (χ3v) is 4.78. The number of hydrogen-bond donors (Lipinski definition) is 3. The van der Waals surface area contributed by atoms with Gasteiger partial charge in [-0.15, -0.1) is 24.0 Å². The van der Waals surface area contributed by atoms with Gasteiger partial charge in [0.25, 0.3) is 5.91 Å². The Morgan fingerprint density at radius 2 is 1.77 bits per heavy atom. The zero-order chi connectivity index (χ0) is 22.1. The van der Waals surface area contributed by atoms with Crippen molar-refractivity contribution in [3.8, 4) is 0 Å². The quantitative estimate of drug-likeness (QED) is 0.271. The average molecular weight is 548 g/mol. The molecule has 0 bridgehead atoms. The van der Waals surface area contributed by atoms with Crippen LogP contribution in [0.5, 0.6) is 0 Å². The van der Waals surface area contributed by atoms with E-state index in [1.807, 2.05) is 19.1 Å². The fraction of sp³-hybridized carbons (Fsp3) is 0.364. The van der Waals surface area contributed by atoms with Crippen molar-refractivity contribution < 1.29 is 18.0 Å². The lowest BCUT2D eigenvalue weighted by Crippen LogP contribution is -2.37. The summed E-state index contributed by atoms with van der Waals surface area (Å²) in [5.41, 5.74) is 1.61. The second-order valence-electron chi connectivity index (χ2n) is 6.94. The van der Waals surface area contributed by atoms with Gasteiger partial charge in [0.2, 0.25) is 0 Å². The first kappa shape index (κ1) is 26.7. The molecular weight excluding hydrogens is 520 g/mol. The maximum atomic E-state index is 12.9. The van der Waals surface area contributed by atoms with Crippen LogP contribution in [0, 0.1) is 0 Å². The molecule has 0 aliphatic rings. The van der Waals surface area contributed by atoms with E-state index in [1.165, 1.54) is 12.1 Å². The molecule has 1 unspecified atom stereocenters. The van der Waals surface area contributed by atoms with Crippen LogP contribution in [0.2, 0.25) is 0 Å². The van der Waals surface area contributed by atoms with Crippen LogP contribution < -0.4 is 16.0 Å². The van der Waals surface area contributed by atoms with E-state index < -0.39 is 11.7 Å². The summed E-state index contributed by atoms with van der Waals surface area (Å²) in [6.07, 6.45) is -3.68. The number of guanidine groups is 1. The van der Waals surface area contributed by atoms with E-state index in [4.69, 9.17) is 0 Å². The Morgan fingerprint density at radius 3 is 2.35 bits per heavy atom. The second kappa shape index (κ2) is 12.5. The lowest BCUT2D eigenvalue weighted by molar-refractivity contribution is -0.137. The predicted molar refractivity (Wildman–Crippen MR) is 128 cm³/mol. The summed E-state index contributed by atoms with van der Waals surface area (Å²) in [6.45, 7) is 2.99. The lowest BCUT2D eigenvalue weighted by atomic mass is 9.96. The summed E-state index contributed by atoms with van der Waals surface area (Å²) in [7, 11) is 3.24. The average Bonchev–Trinajstić information content (AvgIpc) is 2.75. The van der Waals surface area contributed by atoms with Crippen LogP contribution in [0.15, 0.2) is 53.5 Å². The maximum absolute atomic E-state index is 12.9. The van der Waals surface area contributed by atoms with Crippen molar-refractivity contribution in [3.05, 3.63) is 70.8 Å². The Kier molecular flexibility index (Phi) is 10.8. The highest BCUT2D eigenvalue weighted by molar-refractivity contribution is 14.0. The van der Waals surface area contributed by atoms with Crippen LogP contribution in [0.1, 0.15) is 46.3 Å². The van der Waals surface area contributed by atoms with Gasteiger partial charge in [0, 0.05) is 32.7 Å². The fourth-order valence-corrected chi connectivity index (χ4v) is 2.92. The van der Waals surface area contributed by atoms with Crippen LogP contribution in [0.4, 0.5) is 13.2 Å². The first-order chi connectivity index (χ1) is 14.2. The number of amides is 1. The van der Waals surface area contributed by atoms with Gasteiger partial charge in [-0.1, -0.05) is 37.3 Å². The van der Waals surface area contributed by atoms with E-state index in [-0.39, 0.29) is 35.8 Å². The predicted octanol–water partition coefficient (Wildman–Crippen LogP) is 4.54. The van der Waals surface area contributed by atoms with E-state index >= 15 is 0 Å². The Morgan fingerprint density at radius 1 is 1.10 bits per heavy atom. The first-order valence-corrected chi connectivity index (χ1v) is 9.67. The van der Waals surface area contributed by atoms with Crippen LogP contribution in [-0.2, 0) is 12.7 Å². The highest BCUT2D eigenvalue weighted by Crippen LogP contribution is 2.31. The molecule has 0 spiro atoms. The highest BCUT2D eigenvalue weighted by atomic mass is 127. The van der Waals surface area contributed by atoms with Gasteiger partial charge < -0.3 is 16.0 Å². The summed E-state index contributed by atoms with van der Waals surface area (Å²) >= 11 is 0. The number of alkyl halides is 3. The Labute approximate surface area is 197 Å². The van der Waals surface area contributed by atoms with Gasteiger partial charge in [0.1, 0.15) is 0 Å². The molecule has 31 heavy (non-hydrogen) atoms. The first-order valence-electron chi connectivity index (χ1n) is 9.67. The Balaban J connectivity index is 0.00000480. The number of hydrogen-bond acceptors (Lipinski definition) is 2. The highest BCUT2D eigenvalue weighted by Gasteiger charge is 2.30. The number of nitrogens with zero attached hydrogens (tertiary/aromatic N) is 1. The number of benzene rings is 2. The third-order valence-electron chi connectivity index (χ3n) is 4.78. The van der Waals surface area contributed by atoms with Crippen molar-refractivity contribution in [2.24, 2.45) is 4.99 Å². The number of halogens is 4. The minimum atomic E-state index is -4.33. The Hall–Kier alpha value is -2.30. The van der Waals surface area contributed by atoms with E-state index in [1.54, 1.807) is 32.3 Å². The van der Waals surface area contributed by atoms with Crippen molar-refractivity contribution in [1.29, 1.82) is 0 Å². The SMILES string of the molecule is CN=C(NCCC(C)c1cccc(C(F)(F)F)c1)NCc1ccc(C(=O)NC)cc1.I. The van der Waals surface area contributed by atoms with Gasteiger partial charge in [-0.05, 0) is 41.7 Å². The van der Waals surface area contributed by atoms with Crippen molar-refractivity contribution in [2.75, 3.05) is 20.6 Å². The largest absolute Gasteiger partial charge is 0.416 e. The second-order valence-corrected chi connectivity index (χ2v) is 6.94. The van der Waals surface area contributed by atoms with Gasteiger partial charge >= 0.3 is 6.18 Å². The van der Waals surface area contributed by atoms with E-state index in [0.29, 0.717) is 36.6 Å². The standard InChI is InChI=1S/C22H27F3N4O.HI/c1-15(18-5-4-6-19(13-18)22(23,24)25)11-12-28-21(27-3)29-14-16-7-9-17(10-8-16)20(30)26-2;/h4-10,13,15H,11-12,14H2,1-3H3,(H,26,30)(H2,27,28,29);1H. The molecule has 3 N–H and O–H groups in total. The number of rotatable bonds is 7. The van der Waals surface area contributed by atoms with Gasteiger partial charge in [0.15, 0.2) is 5.96 Å². The number of nitrogens with one attached hydrogen (secondary N) is 3. The molecule has 0 aliphatic carbocycles. The minimum Gasteiger partial charge on any atom is -0.356 e. The Bertz CT molecular complexity index is 870. The van der Waals surface area contributed by atoms with Gasteiger partial charge in [-0.2, -0.15) is 13.2 Å². The summed E-state index contributed by atoms with van der Waals surface area (Å²) < 4.78 is 38.6. The smallest absolute Gasteiger partial charge is 0.356 e. The third kappa shape index (κ3) is 8.39. The molecule has 2 aromatic carbocycles. The van der Waals surface area contributed by atoms with Gasteiger partial charge in [-0.3, -0.25) is 9.79 Å². The van der Waals surface area contributed by atoms with Crippen molar-refractivity contribution >= 4 is 35.8 Å². The van der Waals surface area contributed by atoms with Gasteiger partial charge in [-0.25, -0.2) is 0 Å². The van der Waals surface area contributed by atoms with Gasteiger partial charge in [0.05, 0.1) is 5.56 Å². The molecule has 5 nitrogen and oxygen atoms in total. The number of carbonyl (C=O) groups excluding carboxylic acids is 1. The molecule has 0 fully saturated rings. The molecule has 2 aromatic rings. The number of carbonyl (C=O) groups is 1. The molecule has 9 heteroatoms. The van der Waals surface area contributed by atoms with E-state index in [0.717, 1.165) is 11.6 Å². The fourth-order valence-electron chi connectivity index (χ4n) is 2.92. The zero-order valence-corrected chi connectivity index (χ0v) is 20.0. The maximum Gasteiger partial charge on any atom is 0.416 e. The summed E-state index contributed by atoms with van der Waals surface area (Å²) in [5, 5.41) is 8.93. The normalized spacial score (nSPS) is 12.5. The molecule has 2 rings (SSSR count). The zero-order valence-electron chi connectivity index (χ0n) is 17.7. The molecule has 170 valence electrons. The minimum absolute atomic E-state index is 0. The van der Waals surface area contributed by atoms with Crippen LogP contribution in [0.3, 0.4) is 0 Å². The van der Waals surface area contributed by atoms with Crippen molar-refractivity contribution in [1.82, 2.24) is 16.0 Å². The monoisotopic (exact) mass is 548 g/mol. The molecule has 0 heterocycles. The topological polar surface area (TPSA) is 65.5 Å². The molecule has 0 aliphatic heterocycles. The molecular formula is C22H28F3IN4O. The van der Waals surface area contributed by atoms with Crippen LogP contribution >= 0.6 is 24.0 Å². The van der Waals surface area contributed by atoms with E-state index in [9.17, 15) is 18.0 Å². The van der Waals surface area contributed by atoms with Crippen LogP contribution in [0.25, 0.3) is 0 Å².